The molecular formula is C20H18O11. The van der Waals surface area contributed by atoms with E-state index < -0.39 is 48.9 Å². The summed E-state index contributed by atoms with van der Waals surface area (Å²) in [5, 5.41) is 48.4. The monoisotopic (exact) mass is 434 g/mol. The van der Waals surface area contributed by atoms with E-state index in [0.29, 0.717) is 5.39 Å². The van der Waals surface area contributed by atoms with Crippen molar-refractivity contribution in [1.29, 1.82) is 0 Å². The summed E-state index contributed by atoms with van der Waals surface area (Å²) in [7, 11) is 0. The molecule has 11 heteroatoms. The van der Waals surface area contributed by atoms with E-state index in [1.807, 2.05) is 0 Å². The molecule has 1 fully saturated rings. The van der Waals surface area contributed by atoms with Gasteiger partial charge in [0.2, 0.25) is 12.1 Å². The molecule has 1 aliphatic heterocycles. The molecule has 3 heterocycles. The van der Waals surface area contributed by atoms with Crippen molar-refractivity contribution in [2.75, 3.05) is 6.61 Å². The van der Waals surface area contributed by atoms with Crippen molar-refractivity contribution in [3.05, 3.63) is 52.6 Å². The fraction of sp³-hybridized carbons (Fsp3) is 0.300. The number of carboxylic acid groups (broad SMARTS) is 1. The SMILES string of the molecule is O=C(O)c1ccc(-c2cc3ccc(O[C@@H]4O[C@H](CO)[C@H](O)[C@H](O)[C@H]4O)cc3oc2=O)o1. The lowest BCUT2D eigenvalue weighted by Crippen LogP contribution is -2.60. The number of aliphatic hydroxyl groups excluding tert-OH is 4. The molecule has 0 bridgehead atoms. The van der Waals surface area contributed by atoms with Gasteiger partial charge in [-0.15, -0.1) is 0 Å². The lowest BCUT2D eigenvalue weighted by atomic mass is 9.99. The predicted molar refractivity (Wildman–Crippen MR) is 102 cm³/mol. The standard InChI is InChI=1S/C20H18O11/c21-7-14-15(22)16(23)17(24)20(31-14)28-9-2-1-8-5-10(19(27)30-13(8)6-9)11-3-4-12(29-11)18(25)26/h1-6,14-17,20-24H,7H2,(H,25,26)/t14-,15+,16+,17-,20-/m1/s1. The fourth-order valence-electron chi connectivity index (χ4n) is 3.23. The summed E-state index contributed by atoms with van der Waals surface area (Å²) >= 11 is 0. The first-order valence-corrected chi connectivity index (χ1v) is 9.17. The maximum Gasteiger partial charge on any atom is 0.371 e. The molecule has 0 amide bonds. The minimum atomic E-state index is -1.60. The first-order chi connectivity index (χ1) is 14.8. The number of rotatable bonds is 5. The van der Waals surface area contributed by atoms with Gasteiger partial charge in [0.05, 0.1) is 6.61 Å². The van der Waals surface area contributed by atoms with Crippen molar-refractivity contribution in [3.63, 3.8) is 0 Å². The molecule has 31 heavy (non-hydrogen) atoms. The molecule has 0 spiro atoms. The van der Waals surface area contributed by atoms with Crippen molar-refractivity contribution in [2.45, 2.75) is 30.7 Å². The number of benzene rings is 1. The Balaban J connectivity index is 1.61. The van der Waals surface area contributed by atoms with Crippen LogP contribution in [-0.4, -0.2) is 68.8 Å². The summed E-state index contributed by atoms with van der Waals surface area (Å²) in [6.45, 7) is -0.601. The molecule has 4 rings (SSSR count). The number of hydrogen-bond donors (Lipinski definition) is 5. The van der Waals surface area contributed by atoms with Crippen LogP contribution >= 0.6 is 0 Å². The molecule has 11 nitrogen and oxygen atoms in total. The van der Waals surface area contributed by atoms with Crippen LogP contribution in [0.3, 0.4) is 0 Å². The highest BCUT2D eigenvalue weighted by Crippen LogP contribution is 2.28. The Kier molecular flexibility index (Phi) is 5.52. The number of aromatic carboxylic acids is 1. The first kappa shape index (κ1) is 21.0. The average Bonchev–Trinajstić information content (AvgIpc) is 3.24. The second-order valence-corrected chi connectivity index (χ2v) is 6.93. The molecule has 0 unspecified atom stereocenters. The number of carbonyl (C=O) groups is 1. The summed E-state index contributed by atoms with van der Waals surface area (Å²) in [5.41, 5.74) is -0.618. The number of aliphatic hydroxyl groups is 4. The van der Waals surface area contributed by atoms with E-state index in [-0.39, 0.29) is 28.4 Å². The Bertz CT molecular complexity index is 1160. The van der Waals surface area contributed by atoms with Gasteiger partial charge in [-0.1, -0.05) is 0 Å². The van der Waals surface area contributed by atoms with Gasteiger partial charge in [-0.3, -0.25) is 0 Å². The Labute approximate surface area is 173 Å². The zero-order chi connectivity index (χ0) is 22.3. The van der Waals surface area contributed by atoms with E-state index >= 15 is 0 Å². The number of fused-ring (bicyclic) bond motifs is 1. The van der Waals surface area contributed by atoms with Crippen LogP contribution in [0.5, 0.6) is 5.75 Å². The quantitative estimate of drug-likeness (QED) is 0.339. The van der Waals surface area contributed by atoms with Gasteiger partial charge < -0.3 is 43.8 Å². The van der Waals surface area contributed by atoms with E-state index in [9.17, 15) is 30.0 Å². The molecule has 0 saturated carbocycles. The van der Waals surface area contributed by atoms with E-state index in [0.717, 1.165) is 0 Å². The topological polar surface area (TPSA) is 180 Å². The normalized spacial score (nSPS) is 26.1. The van der Waals surface area contributed by atoms with Crippen LogP contribution in [0.4, 0.5) is 0 Å². The third kappa shape index (κ3) is 3.92. The first-order valence-electron chi connectivity index (χ1n) is 9.17. The molecule has 3 aromatic rings. The second kappa shape index (κ2) is 8.13. The average molecular weight is 434 g/mol. The molecule has 0 aliphatic carbocycles. The van der Waals surface area contributed by atoms with Gasteiger partial charge in [-0.05, 0) is 30.3 Å². The lowest BCUT2D eigenvalue weighted by Gasteiger charge is -2.39. The van der Waals surface area contributed by atoms with Gasteiger partial charge in [0.15, 0.2) is 0 Å². The van der Waals surface area contributed by atoms with Crippen LogP contribution < -0.4 is 10.4 Å². The van der Waals surface area contributed by atoms with Crippen molar-refractivity contribution in [1.82, 2.24) is 0 Å². The highest BCUT2D eigenvalue weighted by atomic mass is 16.7. The lowest BCUT2D eigenvalue weighted by molar-refractivity contribution is -0.277. The zero-order valence-corrected chi connectivity index (χ0v) is 15.7. The highest BCUT2D eigenvalue weighted by Gasteiger charge is 2.44. The van der Waals surface area contributed by atoms with Gasteiger partial charge in [-0.2, -0.15) is 0 Å². The molecule has 2 aromatic heterocycles. The fourth-order valence-corrected chi connectivity index (χ4v) is 3.23. The van der Waals surface area contributed by atoms with Crippen molar-refractivity contribution >= 4 is 16.9 Å². The van der Waals surface area contributed by atoms with Crippen molar-refractivity contribution < 1.29 is 48.6 Å². The third-order valence-electron chi connectivity index (χ3n) is 4.89. The van der Waals surface area contributed by atoms with E-state index in [1.165, 1.54) is 30.3 Å². The molecule has 5 N–H and O–H groups in total. The molecule has 5 atom stereocenters. The van der Waals surface area contributed by atoms with Gasteiger partial charge >= 0.3 is 11.6 Å². The highest BCUT2D eigenvalue weighted by molar-refractivity contribution is 5.86. The maximum absolute atomic E-state index is 12.4. The van der Waals surface area contributed by atoms with E-state index in [2.05, 4.69) is 0 Å². The number of hydrogen-bond acceptors (Lipinski definition) is 10. The molecule has 1 aromatic carbocycles. The minimum absolute atomic E-state index is 0.0302. The number of carboxylic acids is 1. The summed E-state index contributed by atoms with van der Waals surface area (Å²) in [5.74, 6) is -1.43. The largest absolute Gasteiger partial charge is 0.475 e. The Morgan fingerprint density at radius 1 is 1.00 bits per heavy atom. The van der Waals surface area contributed by atoms with Gasteiger partial charge in [-0.25, -0.2) is 9.59 Å². The summed E-state index contributed by atoms with van der Waals surface area (Å²) in [6.07, 6.45) is -7.23. The van der Waals surface area contributed by atoms with Crippen LogP contribution in [-0.2, 0) is 4.74 Å². The van der Waals surface area contributed by atoms with Gasteiger partial charge in [0.25, 0.3) is 0 Å². The Morgan fingerprint density at radius 2 is 1.77 bits per heavy atom. The molecule has 0 radical (unpaired) electrons. The van der Waals surface area contributed by atoms with Crippen LogP contribution in [0.25, 0.3) is 22.3 Å². The second-order valence-electron chi connectivity index (χ2n) is 6.93. The molecular weight excluding hydrogens is 416 g/mol. The van der Waals surface area contributed by atoms with Gasteiger partial charge in [0, 0.05) is 11.5 Å². The minimum Gasteiger partial charge on any atom is -0.475 e. The Hall–Kier alpha value is -3.22. The predicted octanol–water partition coefficient (Wildman–Crippen LogP) is -0.0701. The van der Waals surface area contributed by atoms with Crippen LogP contribution in [0.1, 0.15) is 10.6 Å². The number of ether oxygens (including phenoxy) is 2. The third-order valence-corrected chi connectivity index (χ3v) is 4.89. The van der Waals surface area contributed by atoms with Crippen molar-refractivity contribution in [2.24, 2.45) is 0 Å². The zero-order valence-electron chi connectivity index (χ0n) is 15.7. The number of furan rings is 1. The Morgan fingerprint density at radius 3 is 2.45 bits per heavy atom. The van der Waals surface area contributed by atoms with E-state index in [1.54, 1.807) is 6.07 Å². The maximum atomic E-state index is 12.4. The van der Waals surface area contributed by atoms with Crippen LogP contribution in [0, 0.1) is 0 Å². The van der Waals surface area contributed by atoms with Crippen LogP contribution in [0.2, 0.25) is 0 Å². The summed E-state index contributed by atoms with van der Waals surface area (Å²) in [6, 6.07) is 8.41. The summed E-state index contributed by atoms with van der Waals surface area (Å²) in [4.78, 5) is 23.3. The van der Waals surface area contributed by atoms with Crippen LogP contribution in [0.15, 0.2) is 50.0 Å². The van der Waals surface area contributed by atoms with E-state index in [4.69, 9.17) is 23.4 Å². The van der Waals surface area contributed by atoms with Crippen molar-refractivity contribution in [3.8, 4) is 17.1 Å². The van der Waals surface area contributed by atoms with Gasteiger partial charge in [0.1, 0.15) is 47.1 Å². The summed E-state index contributed by atoms with van der Waals surface area (Å²) < 4.78 is 21.2. The molecule has 1 aliphatic rings. The smallest absolute Gasteiger partial charge is 0.371 e. The molecule has 164 valence electrons. The molecule has 1 saturated heterocycles.